The first-order valence-corrected chi connectivity index (χ1v) is 8.10. The number of halogens is 1. The van der Waals surface area contributed by atoms with Gasteiger partial charge in [0.2, 0.25) is 0 Å². The second-order valence-electron chi connectivity index (χ2n) is 5.70. The van der Waals surface area contributed by atoms with Crippen molar-refractivity contribution in [2.24, 2.45) is 0 Å². The Morgan fingerprint density at radius 2 is 1.91 bits per heavy atom. The Labute approximate surface area is 135 Å². The fourth-order valence-corrected chi connectivity index (χ4v) is 3.08. The molecule has 0 bridgehead atoms. The normalized spacial score (nSPS) is 20.9. The summed E-state index contributed by atoms with van der Waals surface area (Å²) < 4.78 is 11.6. The lowest BCUT2D eigenvalue weighted by Gasteiger charge is -2.43. The second-order valence-corrected chi connectivity index (χ2v) is 6.11. The number of hydrogen-bond acceptors (Lipinski definition) is 3. The van der Waals surface area contributed by atoms with Crippen molar-refractivity contribution in [2.45, 2.75) is 31.6 Å². The predicted molar refractivity (Wildman–Crippen MR) is 83.7 cm³/mol. The third-order valence-corrected chi connectivity index (χ3v) is 4.59. The van der Waals surface area contributed by atoms with Crippen LogP contribution in [0.1, 0.15) is 24.8 Å². The molecular formula is C16H21ClN2O3. The van der Waals surface area contributed by atoms with Crippen molar-refractivity contribution in [1.29, 1.82) is 0 Å². The van der Waals surface area contributed by atoms with Gasteiger partial charge >= 0.3 is 6.03 Å². The zero-order valence-electron chi connectivity index (χ0n) is 12.5. The molecule has 2 heterocycles. The number of likely N-dealkylation sites (tertiary alicyclic amines) is 1. The van der Waals surface area contributed by atoms with E-state index in [0.29, 0.717) is 24.7 Å². The first kappa shape index (κ1) is 15.6. The topological polar surface area (TPSA) is 50.8 Å². The van der Waals surface area contributed by atoms with Crippen LogP contribution in [0.5, 0.6) is 0 Å². The minimum absolute atomic E-state index is 0.0643. The summed E-state index contributed by atoms with van der Waals surface area (Å²) in [6, 6.07) is 7.46. The van der Waals surface area contributed by atoms with E-state index in [4.69, 9.17) is 21.1 Å². The van der Waals surface area contributed by atoms with Gasteiger partial charge in [-0.3, -0.25) is 0 Å². The molecule has 0 atom stereocenters. The van der Waals surface area contributed by atoms with Crippen LogP contribution in [0.3, 0.4) is 0 Å². The number of amides is 2. The zero-order chi connectivity index (χ0) is 15.4. The lowest BCUT2D eigenvalue weighted by Crippen LogP contribution is -2.53. The smallest absolute Gasteiger partial charge is 0.317 e. The average Bonchev–Trinajstić information content (AvgIpc) is 2.55. The van der Waals surface area contributed by atoms with Gasteiger partial charge in [-0.15, -0.1) is 0 Å². The summed E-state index contributed by atoms with van der Waals surface area (Å²) in [7, 11) is 0. The number of hydrogen-bond donors (Lipinski definition) is 1. The third-order valence-electron chi connectivity index (χ3n) is 4.22. The SMILES string of the molecule is O=C(NCc1ccccc1Cl)N1CCC2(CC1)OCCCO2. The number of urea groups is 1. The summed E-state index contributed by atoms with van der Waals surface area (Å²) in [5, 5.41) is 3.59. The number of piperidine rings is 1. The Bertz CT molecular complexity index is 522. The van der Waals surface area contributed by atoms with E-state index in [1.165, 1.54) is 0 Å². The van der Waals surface area contributed by atoms with Crippen molar-refractivity contribution in [3.8, 4) is 0 Å². The number of rotatable bonds is 2. The highest BCUT2D eigenvalue weighted by molar-refractivity contribution is 6.31. The van der Waals surface area contributed by atoms with Crippen molar-refractivity contribution < 1.29 is 14.3 Å². The molecule has 0 unspecified atom stereocenters. The quantitative estimate of drug-likeness (QED) is 0.910. The molecule has 6 heteroatoms. The van der Waals surface area contributed by atoms with E-state index >= 15 is 0 Å². The molecule has 2 saturated heterocycles. The Morgan fingerprint density at radius 1 is 1.23 bits per heavy atom. The molecule has 3 rings (SSSR count). The highest BCUT2D eigenvalue weighted by atomic mass is 35.5. The highest BCUT2D eigenvalue weighted by Gasteiger charge is 2.39. The van der Waals surface area contributed by atoms with Gasteiger partial charge in [0, 0.05) is 37.5 Å². The van der Waals surface area contributed by atoms with E-state index in [0.717, 1.165) is 38.0 Å². The molecule has 22 heavy (non-hydrogen) atoms. The Hall–Kier alpha value is -1.30. The predicted octanol–water partition coefficient (Wildman–Crippen LogP) is 2.78. The minimum Gasteiger partial charge on any atom is -0.350 e. The molecule has 1 aromatic carbocycles. The molecule has 120 valence electrons. The number of benzene rings is 1. The monoisotopic (exact) mass is 324 g/mol. The van der Waals surface area contributed by atoms with E-state index in [1.54, 1.807) is 0 Å². The molecule has 0 saturated carbocycles. The van der Waals surface area contributed by atoms with Crippen LogP contribution in [-0.2, 0) is 16.0 Å². The molecule has 0 radical (unpaired) electrons. The van der Waals surface area contributed by atoms with Gasteiger partial charge in [0.05, 0.1) is 13.2 Å². The van der Waals surface area contributed by atoms with Gasteiger partial charge in [-0.05, 0) is 18.1 Å². The van der Waals surface area contributed by atoms with Crippen LogP contribution in [0.4, 0.5) is 4.79 Å². The summed E-state index contributed by atoms with van der Waals surface area (Å²) in [5.74, 6) is -0.461. The highest BCUT2D eigenvalue weighted by Crippen LogP contribution is 2.30. The number of ether oxygens (including phenoxy) is 2. The largest absolute Gasteiger partial charge is 0.350 e. The van der Waals surface area contributed by atoms with Gasteiger partial charge in [0.1, 0.15) is 0 Å². The Morgan fingerprint density at radius 3 is 2.59 bits per heavy atom. The van der Waals surface area contributed by atoms with Crippen molar-refractivity contribution in [2.75, 3.05) is 26.3 Å². The molecular weight excluding hydrogens is 304 g/mol. The molecule has 5 nitrogen and oxygen atoms in total. The van der Waals surface area contributed by atoms with Gasteiger partial charge in [-0.25, -0.2) is 4.79 Å². The van der Waals surface area contributed by atoms with Crippen LogP contribution < -0.4 is 5.32 Å². The summed E-state index contributed by atoms with van der Waals surface area (Å²) in [6.07, 6.45) is 2.41. The van der Waals surface area contributed by atoms with Gasteiger partial charge in [0.15, 0.2) is 5.79 Å². The molecule has 1 aromatic rings. The van der Waals surface area contributed by atoms with E-state index in [1.807, 2.05) is 29.2 Å². The van der Waals surface area contributed by atoms with Crippen molar-refractivity contribution in [3.05, 3.63) is 34.9 Å². The van der Waals surface area contributed by atoms with Gasteiger partial charge in [-0.2, -0.15) is 0 Å². The first-order valence-electron chi connectivity index (χ1n) is 7.73. The number of carbonyl (C=O) groups excluding carboxylic acids is 1. The van der Waals surface area contributed by atoms with E-state index in [9.17, 15) is 4.79 Å². The minimum atomic E-state index is -0.461. The second kappa shape index (κ2) is 6.86. The molecule has 2 aliphatic rings. The van der Waals surface area contributed by atoms with Gasteiger partial charge < -0.3 is 19.7 Å². The molecule has 2 amide bonds. The summed E-state index contributed by atoms with van der Waals surface area (Å²) >= 11 is 6.09. The van der Waals surface area contributed by atoms with Crippen LogP contribution >= 0.6 is 11.6 Å². The van der Waals surface area contributed by atoms with Crippen LogP contribution in [0.15, 0.2) is 24.3 Å². The van der Waals surface area contributed by atoms with Crippen molar-refractivity contribution >= 4 is 17.6 Å². The maximum absolute atomic E-state index is 12.2. The molecule has 1 spiro atoms. The van der Waals surface area contributed by atoms with Crippen LogP contribution in [0.25, 0.3) is 0 Å². The lowest BCUT2D eigenvalue weighted by molar-refractivity contribution is -0.281. The Kier molecular flexibility index (Phi) is 4.86. The molecule has 2 fully saturated rings. The molecule has 0 aliphatic carbocycles. The molecule has 2 aliphatic heterocycles. The van der Waals surface area contributed by atoms with E-state index in [-0.39, 0.29) is 6.03 Å². The lowest BCUT2D eigenvalue weighted by atomic mass is 10.0. The average molecular weight is 325 g/mol. The summed E-state index contributed by atoms with van der Waals surface area (Å²) in [6.45, 7) is 3.23. The maximum Gasteiger partial charge on any atom is 0.317 e. The summed E-state index contributed by atoms with van der Waals surface area (Å²) in [4.78, 5) is 14.1. The Balaban J connectivity index is 1.49. The standard InChI is InChI=1S/C16H21ClN2O3/c17-14-5-2-1-4-13(14)12-18-15(20)19-8-6-16(7-9-19)21-10-3-11-22-16/h1-2,4-5H,3,6-12H2,(H,18,20). The summed E-state index contributed by atoms with van der Waals surface area (Å²) in [5.41, 5.74) is 0.921. The number of nitrogens with one attached hydrogen (secondary N) is 1. The molecule has 1 N–H and O–H groups in total. The number of carbonyl (C=O) groups is 1. The van der Waals surface area contributed by atoms with E-state index in [2.05, 4.69) is 5.32 Å². The van der Waals surface area contributed by atoms with Gasteiger partial charge in [-0.1, -0.05) is 29.8 Å². The van der Waals surface area contributed by atoms with Gasteiger partial charge in [0.25, 0.3) is 0 Å². The van der Waals surface area contributed by atoms with Crippen LogP contribution in [-0.4, -0.2) is 43.0 Å². The number of nitrogens with zero attached hydrogens (tertiary/aromatic N) is 1. The third kappa shape index (κ3) is 3.54. The van der Waals surface area contributed by atoms with Crippen molar-refractivity contribution in [1.82, 2.24) is 10.2 Å². The van der Waals surface area contributed by atoms with E-state index < -0.39 is 5.79 Å². The van der Waals surface area contributed by atoms with Crippen molar-refractivity contribution in [3.63, 3.8) is 0 Å². The van der Waals surface area contributed by atoms with Crippen LogP contribution in [0.2, 0.25) is 5.02 Å². The maximum atomic E-state index is 12.2. The fraction of sp³-hybridized carbons (Fsp3) is 0.562. The van der Waals surface area contributed by atoms with Crippen LogP contribution in [0, 0.1) is 0 Å². The zero-order valence-corrected chi connectivity index (χ0v) is 13.3. The molecule has 0 aromatic heterocycles. The fourth-order valence-electron chi connectivity index (χ4n) is 2.88. The first-order chi connectivity index (χ1) is 10.7.